The van der Waals surface area contributed by atoms with Crippen molar-refractivity contribution < 1.29 is 9.53 Å². The van der Waals surface area contributed by atoms with Crippen molar-refractivity contribution in [3.05, 3.63) is 0 Å². The summed E-state index contributed by atoms with van der Waals surface area (Å²) in [5.41, 5.74) is 0. The minimum atomic E-state index is 0.272. The van der Waals surface area contributed by atoms with E-state index < -0.39 is 0 Å². The number of amides is 1. The van der Waals surface area contributed by atoms with Crippen molar-refractivity contribution >= 4 is 5.91 Å². The zero-order valence-corrected chi connectivity index (χ0v) is 7.88. The van der Waals surface area contributed by atoms with Crippen molar-refractivity contribution in [1.82, 2.24) is 4.90 Å². The molecule has 1 amide bonds. The molecule has 70 valence electrons. The van der Waals surface area contributed by atoms with Crippen molar-refractivity contribution in [3.8, 4) is 0 Å². The van der Waals surface area contributed by atoms with Crippen molar-refractivity contribution in [3.63, 3.8) is 0 Å². The lowest BCUT2D eigenvalue weighted by Gasteiger charge is -2.28. The Morgan fingerprint density at radius 3 is 2.33 bits per heavy atom. The van der Waals surface area contributed by atoms with Crippen LogP contribution in [0.4, 0.5) is 0 Å². The molecule has 3 heteroatoms. The van der Waals surface area contributed by atoms with Crippen LogP contribution in [0.15, 0.2) is 0 Å². The molecule has 0 aromatic rings. The van der Waals surface area contributed by atoms with E-state index in [1.54, 1.807) is 0 Å². The van der Waals surface area contributed by atoms with E-state index in [9.17, 15) is 4.79 Å². The maximum atomic E-state index is 11.5. The molecule has 0 N–H and O–H groups in total. The first-order valence-corrected chi connectivity index (χ1v) is 4.63. The van der Waals surface area contributed by atoms with Gasteiger partial charge in [-0.3, -0.25) is 4.79 Å². The maximum Gasteiger partial charge on any atom is 0.223 e. The molecule has 1 aliphatic rings. The van der Waals surface area contributed by atoms with E-state index in [0.29, 0.717) is 12.3 Å². The van der Waals surface area contributed by atoms with E-state index in [0.717, 1.165) is 26.3 Å². The van der Waals surface area contributed by atoms with E-state index >= 15 is 0 Å². The van der Waals surface area contributed by atoms with Crippen LogP contribution in [0.25, 0.3) is 0 Å². The van der Waals surface area contributed by atoms with Crippen molar-refractivity contribution in [2.24, 2.45) is 5.92 Å². The zero-order valence-electron chi connectivity index (χ0n) is 7.88. The molecule has 1 rings (SSSR count). The lowest BCUT2D eigenvalue weighted by molar-refractivity contribution is -0.136. The van der Waals surface area contributed by atoms with Gasteiger partial charge >= 0.3 is 0 Å². The summed E-state index contributed by atoms with van der Waals surface area (Å²) >= 11 is 0. The molecule has 1 fully saturated rings. The Labute approximate surface area is 73.7 Å². The van der Waals surface area contributed by atoms with Gasteiger partial charge in [0.15, 0.2) is 0 Å². The van der Waals surface area contributed by atoms with Crippen LogP contribution in [0.1, 0.15) is 20.3 Å². The molecule has 1 heterocycles. The minimum Gasteiger partial charge on any atom is -0.381 e. The topological polar surface area (TPSA) is 29.5 Å². The second kappa shape index (κ2) is 4.45. The Hall–Kier alpha value is -0.570. The van der Waals surface area contributed by atoms with Gasteiger partial charge in [-0.25, -0.2) is 0 Å². The molecular formula is C9H17NO2. The van der Waals surface area contributed by atoms with Gasteiger partial charge in [0.1, 0.15) is 0 Å². The maximum absolute atomic E-state index is 11.5. The van der Waals surface area contributed by atoms with E-state index in [1.807, 2.05) is 18.7 Å². The quantitative estimate of drug-likeness (QED) is 0.628. The average Bonchev–Trinajstić information content (AvgIpc) is 1.99. The summed E-state index contributed by atoms with van der Waals surface area (Å²) < 4.78 is 5.01. The van der Waals surface area contributed by atoms with Gasteiger partial charge < -0.3 is 9.64 Å². The predicted octanol–water partition coefficient (Wildman–Crippen LogP) is 0.891. The fourth-order valence-electron chi connectivity index (χ4n) is 1.35. The van der Waals surface area contributed by atoms with Crippen molar-refractivity contribution in [2.45, 2.75) is 20.3 Å². The Balaban J connectivity index is 2.24. The van der Waals surface area contributed by atoms with Crippen LogP contribution in [0.5, 0.6) is 0 Å². The molecule has 1 saturated heterocycles. The normalized spacial score (nSPS) is 17.2. The fourth-order valence-corrected chi connectivity index (χ4v) is 1.35. The third-order valence-electron chi connectivity index (χ3n) is 2.29. The summed E-state index contributed by atoms with van der Waals surface area (Å²) in [5, 5.41) is 0. The summed E-state index contributed by atoms with van der Waals surface area (Å²) in [6, 6.07) is 0. The molecule has 0 spiro atoms. The first-order chi connectivity index (χ1) is 5.77. The Bertz CT molecular complexity index is 151. The van der Waals surface area contributed by atoms with Gasteiger partial charge in [0.25, 0.3) is 0 Å². The van der Waals surface area contributed by atoms with Crippen molar-refractivity contribution in [1.29, 1.82) is 0 Å². The smallest absolute Gasteiger partial charge is 0.223 e. The predicted molar refractivity (Wildman–Crippen MR) is 46.9 cm³/mol. The highest BCUT2D eigenvalue weighted by molar-refractivity contribution is 5.76. The van der Waals surface area contributed by atoms with Gasteiger partial charge in [-0.05, 0) is 13.8 Å². The third-order valence-corrected chi connectivity index (χ3v) is 2.29. The van der Waals surface area contributed by atoms with Crippen LogP contribution in [-0.2, 0) is 9.53 Å². The summed E-state index contributed by atoms with van der Waals surface area (Å²) in [6.07, 6.45) is 0.668. The van der Waals surface area contributed by atoms with Crippen LogP contribution in [0.2, 0.25) is 0 Å². The molecule has 0 saturated carbocycles. The number of ether oxygens (including phenoxy) is 1. The summed E-state index contributed by atoms with van der Waals surface area (Å²) in [5.74, 6) is 0.756. The molecule has 0 aromatic carbocycles. The highest BCUT2D eigenvalue weighted by atomic mass is 16.5. The second-order valence-electron chi connectivity index (χ2n) is 3.17. The largest absolute Gasteiger partial charge is 0.381 e. The summed E-state index contributed by atoms with van der Waals surface area (Å²) in [6.45, 7) is 7.21. The second-order valence-corrected chi connectivity index (χ2v) is 3.17. The number of carbonyl (C=O) groups is 1. The average molecular weight is 171 g/mol. The molecule has 0 aromatic heterocycles. The standard InChI is InChI=1S/C9H17NO2/c1-3-10(4-2)9(11)5-8-6-12-7-8/h8H,3-7H2,1-2H3. The van der Waals surface area contributed by atoms with Gasteiger partial charge in [-0.2, -0.15) is 0 Å². The first-order valence-electron chi connectivity index (χ1n) is 4.63. The monoisotopic (exact) mass is 171 g/mol. The fraction of sp³-hybridized carbons (Fsp3) is 0.889. The van der Waals surface area contributed by atoms with E-state index in [-0.39, 0.29) is 5.91 Å². The SMILES string of the molecule is CCN(CC)C(=O)CC1COC1. The Morgan fingerprint density at radius 2 is 2.00 bits per heavy atom. The highest BCUT2D eigenvalue weighted by Crippen LogP contribution is 2.15. The van der Waals surface area contributed by atoms with Gasteiger partial charge in [0, 0.05) is 25.4 Å². The van der Waals surface area contributed by atoms with E-state index in [2.05, 4.69) is 0 Å². The lowest BCUT2D eigenvalue weighted by Crippen LogP contribution is -2.37. The van der Waals surface area contributed by atoms with E-state index in [4.69, 9.17) is 4.74 Å². The summed E-state index contributed by atoms with van der Waals surface area (Å²) in [7, 11) is 0. The Kier molecular flexibility index (Phi) is 3.53. The molecule has 3 nitrogen and oxygen atoms in total. The van der Waals surface area contributed by atoms with Gasteiger partial charge in [-0.15, -0.1) is 0 Å². The molecule has 0 bridgehead atoms. The lowest BCUT2D eigenvalue weighted by atomic mass is 10.0. The minimum absolute atomic E-state index is 0.272. The van der Waals surface area contributed by atoms with Crippen LogP contribution in [-0.4, -0.2) is 37.1 Å². The van der Waals surface area contributed by atoms with Crippen LogP contribution in [0, 0.1) is 5.92 Å². The highest BCUT2D eigenvalue weighted by Gasteiger charge is 2.23. The number of hydrogen-bond donors (Lipinski definition) is 0. The van der Waals surface area contributed by atoms with Crippen LogP contribution >= 0.6 is 0 Å². The molecule has 0 radical (unpaired) electrons. The van der Waals surface area contributed by atoms with Gasteiger partial charge in [0.2, 0.25) is 5.91 Å². The number of rotatable bonds is 4. The van der Waals surface area contributed by atoms with E-state index in [1.165, 1.54) is 0 Å². The molecule has 0 atom stereocenters. The first kappa shape index (κ1) is 9.52. The van der Waals surface area contributed by atoms with Gasteiger partial charge in [-0.1, -0.05) is 0 Å². The number of carbonyl (C=O) groups excluding carboxylic acids is 1. The van der Waals surface area contributed by atoms with Crippen molar-refractivity contribution in [2.75, 3.05) is 26.3 Å². The summed E-state index contributed by atoms with van der Waals surface area (Å²) in [4.78, 5) is 13.4. The zero-order chi connectivity index (χ0) is 8.97. The van der Waals surface area contributed by atoms with Gasteiger partial charge in [0.05, 0.1) is 13.2 Å². The molecule has 0 unspecified atom stereocenters. The molecule has 0 aliphatic carbocycles. The molecule has 1 aliphatic heterocycles. The van der Waals surface area contributed by atoms with Crippen LogP contribution in [0.3, 0.4) is 0 Å². The number of nitrogens with zero attached hydrogens (tertiary/aromatic N) is 1. The molecule has 12 heavy (non-hydrogen) atoms. The number of hydrogen-bond acceptors (Lipinski definition) is 2. The Morgan fingerprint density at radius 1 is 1.42 bits per heavy atom. The van der Waals surface area contributed by atoms with Crippen LogP contribution < -0.4 is 0 Å². The third kappa shape index (κ3) is 2.21. The molecular weight excluding hydrogens is 154 g/mol.